The summed E-state index contributed by atoms with van der Waals surface area (Å²) in [6.45, 7) is -0.815. The normalized spacial score (nSPS) is 11.9. The van der Waals surface area contributed by atoms with Crippen molar-refractivity contribution in [2.45, 2.75) is 58.3 Å². The Labute approximate surface area is 125 Å². The maximum Gasteiger partial charge on any atom is 0.466 e. The van der Waals surface area contributed by atoms with Crippen LogP contribution in [0.2, 0.25) is 0 Å². The SMILES string of the molecule is CCCCCCCCCCOP(O)(O)=S.O=P(O)(O)O. The fraction of sp³-hybridized carbons (Fsp3) is 1.00. The lowest BCUT2D eigenvalue weighted by Gasteiger charge is -2.07. The van der Waals surface area contributed by atoms with E-state index in [9.17, 15) is 0 Å². The Hall–Kier alpha value is 0.640. The molecule has 0 atom stereocenters. The lowest BCUT2D eigenvalue weighted by molar-refractivity contribution is 0.245. The molecule has 0 rings (SSSR count). The van der Waals surface area contributed by atoms with Crippen molar-refractivity contribution in [1.82, 2.24) is 0 Å². The number of rotatable bonds is 10. The second kappa shape index (κ2) is 13.3. The molecule has 0 spiro atoms. The van der Waals surface area contributed by atoms with Gasteiger partial charge in [0.25, 0.3) is 0 Å². The summed E-state index contributed by atoms with van der Waals surface area (Å²) in [6.07, 6.45) is 9.69. The second-order valence-electron chi connectivity index (χ2n) is 4.31. The van der Waals surface area contributed by atoms with E-state index in [-0.39, 0.29) is 0 Å². The van der Waals surface area contributed by atoms with E-state index in [0.717, 1.165) is 12.8 Å². The highest BCUT2D eigenvalue weighted by atomic mass is 32.5. The van der Waals surface area contributed by atoms with Crippen LogP contribution in [0, 0.1) is 0 Å². The van der Waals surface area contributed by atoms with Gasteiger partial charge in [-0.05, 0) is 18.2 Å². The first-order chi connectivity index (χ1) is 9.06. The summed E-state index contributed by atoms with van der Waals surface area (Å²) in [5.74, 6) is 0. The summed E-state index contributed by atoms with van der Waals surface area (Å²) in [7, 11) is -4.64. The zero-order valence-electron chi connectivity index (χ0n) is 11.7. The molecule has 0 heterocycles. The predicted molar refractivity (Wildman–Crippen MR) is 81.5 cm³/mol. The largest absolute Gasteiger partial charge is 0.466 e. The quantitative estimate of drug-likeness (QED) is 0.300. The molecule has 0 saturated carbocycles. The molecular formula is C10H26O7P2S. The summed E-state index contributed by atoms with van der Waals surface area (Å²) >= 11 is 4.33. The lowest BCUT2D eigenvalue weighted by Crippen LogP contribution is -1.92. The molecule has 7 nitrogen and oxygen atoms in total. The van der Waals surface area contributed by atoms with Gasteiger partial charge in [0, 0.05) is 0 Å². The maximum absolute atomic E-state index is 8.88. The van der Waals surface area contributed by atoms with Gasteiger partial charge in [0.15, 0.2) is 0 Å². The molecule has 0 aromatic rings. The van der Waals surface area contributed by atoms with Gasteiger partial charge < -0.3 is 29.0 Å². The van der Waals surface area contributed by atoms with Gasteiger partial charge >= 0.3 is 14.5 Å². The number of hydrogen-bond donors (Lipinski definition) is 5. The molecule has 0 amide bonds. The smallest absolute Gasteiger partial charge is 0.325 e. The van der Waals surface area contributed by atoms with Gasteiger partial charge in [0.2, 0.25) is 0 Å². The molecule has 0 saturated heterocycles. The van der Waals surface area contributed by atoms with Crippen LogP contribution in [0.15, 0.2) is 0 Å². The highest BCUT2D eigenvalue weighted by molar-refractivity contribution is 8.06. The number of phosphoric acid groups is 1. The Morgan fingerprint density at radius 1 is 0.850 bits per heavy atom. The average Bonchev–Trinajstić information content (AvgIpc) is 2.23. The highest BCUT2D eigenvalue weighted by Crippen LogP contribution is 2.36. The van der Waals surface area contributed by atoms with Crippen LogP contribution in [-0.4, -0.2) is 31.1 Å². The molecule has 0 fully saturated rings. The van der Waals surface area contributed by atoms with Crippen LogP contribution in [0.1, 0.15) is 58.3 Å². The second-order valence-corrected chi connectivity index (χ2v) is 8.00. The van der Waals surface area contributed by atoms with Crippen LogP contribution in [-0.2, 0) is 20.9 Å². The summed E-state index contributed by atoms with van der Waals surface area (Å²) in [5.41, 5.74) is 0. The van der Waals surface area contributed by atoms with Crippen LogP contribution in [0.3, 0.4) is 0 Å². The van der Waals surface area contributed by atoms with E-state index in [0.29, 0.717) is 6.61 Å². The molecule has 0 radical (unpaired) electrons. The minimum absolute atomic E-state index is 0.374. The van der Waals surface area contributed by atoms with Crippen LogP contribution >= 0.6 is 14.5 Å². The van der Waals surface area contributed by atoms with Gasteiger partial charge in [-0.3, -0.25) is 0 Å². The third-order valence-electron chi connectivity index (χ3n) is 2.26. The van der Waals surface area contributed by atoms with Crippen LogP contribution in [0.4, 0.5) is 0 Å². The van der Waals surface area contributed by atoms with Crippen LogP contribution < -0.4 is 0 Å². The summed E-state index contributed by atoms with van der Waals surface area (Å²) < 4.78 is 13.6. The molecule has 0 aliphatic rings. The third kappa shape index (κ3) is 36.3. The van der Waals surface area contributed by atoms with Crippen molar-refractivity contribution in [3.63, 3.8) is 0 Å². The molecule has 0 aliphatic carbocycles. The first-order valence-corrected chi connectivity index (χ1v) is 10.7. The topological polar surface area (TPSA) is 127 Å². The van der Waals surface area contributed by atoms with E-state index in [2.05, 4.69) is 18.7 Å². The van der Waals surface area contributed by atoms with E-state index >= 15 is 0 Å². The minimum atomic E-state index is -4.64. The van der Waals surface area contributed by atoms with Gasteiger partial charge in [0.1, 0.15) is 0 Å². The number of unbranched alkanes of at least 4 members (excludes halogenated alkanes) is 7. The Bertz CT molecular complexity index is 294. The zero-order chi connectivity index (χ0) is 16.1. The zero-order valence-corrected chi connectivity index (χ0v) is 14.3. The van der Waals surface area contributed by atoms with E-state index in [1.807, 2.05) is 0 Å². The van der Waals surface area contributed by atoms with Gasteiger partial charge in [-0.2, -0.15) is 0 Å². The van der Waals surface area contributed by atoms with Crippen molar-refractivity contribution < 1.29 is 33.6 Å². The molecule has 10 heteroatoms. The molecule has 0 aromatic carbocycles. The van der Waals surface area contributed by atoms with Gasteiger partial charge in [-0.15, -0.1) is 0 Å². The molecule has 0 aromatic heterocycles. The van der Waals surface area contributed by atoms with E-state index in [1.54, 1.807) is 0 Å². The Morgan fingerprint density at radius 3 is 1.55 bits per heavy atom. The molecule has 5 N–H and O–H groups in total. The maximum atomic E-state index is 8.88. The van der Waals surface area contributed by atoms with Gasteiger partial charge in [0.05, 0.1) is 6.61 Å². The fourth-order valence-electron chi connectivity index (χ4n) is 1.42. The summed E-state index contributed by atoms with van der Waals surface area (Å²) in [4.78, 5) is 39.1. The van der Waals surface area contributed by atoms with Crippen molar-refractivity contribution >= 4 is 26.3 Å². The molecule has 20 heavy (non-hydrogen) atoms. The van der Waals surface area contributed by atoms with E-state index in [1.165, 1.54) is 38.5 Å². The first kappa shape index (κ1) is 22.9. The predicted octanol–water partition coefficient (Wildman–Crippen LogP) is 2.42. The van der Waals surface area contributed by atoms with Gasteiger partial charge in [-0.1, -0.05) is 51.9 Å². The minimum Gasteiger partial charge on any atom is -0.325 e. The average molecular weight is 352 g/mol. The summed E-state index contributed by atoms with van der Waals surface area (Å²) in [5, 5.41) is 0. The fourth-order valence-corrected chi connectivity index (χ4v) is 2.01. The van der Waals surface area contributed by atoms with Crippen molar-refractivity contribution in [1.29, 1.82) is 0 Å². The van der Waals surface area contributed by atoms with Crippen LogP contribution in [0.25, 0.3) is 0 Å². The third-order valence-corrected chi connectivity index (χ3v) is 3.09. The monoisotopic (exact) mass is 352 g/mol. The van der Waals surface area contributed by atoms with Crippen molar-refractivity contribution in [2.24, 2.45) is 0 Å². The molecular weight excluding hydrogens is 326 g/mol. The molecule has 124 valence electrons. The number of hydrogen-bond acceptors (Lipinski definition) is 3. The van der Waals surface area contributed by atoms with E-state index in [4.69, 9.17) is 33.6 Å². The summed E-state index contributed by atoms with van der Waals surface area (Å²) in [6, 6.07) is 0. The van der Waals surface area contributed by atoms with Crippen molar-refractivity contribution in [3.05, 3.63) is 0 Å². The Balaban J connectivity index is 0. The first-order valence-electron chi connectivity index (χ1n) is 6.54. The lowest BCUT2D eigenvalue weighted by atomic mass is 10.1. The Kier molecular flexibility index (Phi) is 15.3. The van der Waals surface area contributed by atoms with Crippen molar-refractivity contribution in [2.75, 3.05) is 6.61 Å². The molecule has 0 bridgehead atoms. The molecule has 0 aliphatic heterocycles. The van der Waals surface area contributed by atoms with E-state index < -0.39 is 14.5 Å². The van der Waals surface area contributed by atoms with Crippen molar-refractivity contribution in [3.8, 4) is 0 Å². The van der Waals surface area contributed by atoms with Gasteiger partial charge in [-0.25, -0.2) is 4.57 Å². The molecule has 0 unspecified atom stereocenters. The highest BCUT2D eigenvalue weighted by Gasteiger charge is 2.06. The standard InChI is InChI=1S/C10H23O3PS.H3O4P/c1-2-3-4-5-6-7-8-9-10-13-14(11,12)15;1-5(2,3)4/h2-10H2,1H3,(H2,11,12,15);(H3,1,2,3,4). The Morgan fingerprint density at radius 2 is 1.20 bits per heavy atom. The van der Waals surface area contributed by atoms with Crippen LogP contribution in [0.5, 0.6) is 0 Å².